The molecule has 3 aliphatic rings. The number of hydrazone groups is 1. The van der Waals surface area contributed by atoms with Gasteiger partial charge in [0.05, 0.1) is 38.4 Å². The van der Waals surface area contributed by atoms with Crippen LogP contribution in [-0.2, 0) is 34.0 Å². The molecule has 1 spiro atoms. The van der Waals surface area contributed by atoms with Crippen molar-refractivity contribution in [2.24, 2.45) is 5.10 Å². The van der Waals surface area contributed by atoms with Gasteiger partial charge in [0.25, 0.3) is 0 Å². The van der Waals surface area contributed by atoms with E-state index >= 15 is 0 Å². The quantitative estimate of drug-likeness (QED) is 0.530. The van der Waals surface area contributed by atoms with Crippen molar-refractivity contribution >= 4 is 23.6 Å². The normalized spacial score (nSPS) is 18.9. The maximum Gasteiger partial charge on any atom is 0.358 e. The number of benzene rings is 2. The van der Waals surface area contributed by atoms with E-state index in [0.717, 1.165) is 22.3 Å². The molecule has 0 bridgehead atoms. The number of fused-ring (bicyclic) bond motifs is 7. The molecule has 0 saturated carbocycles. The SMILES string of the molecule is COC(=O)C1=NN2C(C(=O)OC)=C(C(=O)OC)C3(c4ccccc4-c4ccccc43)C2C=C1. The maximum atomic E-state index is 13.4. The summed E-state index contributed by atoms with van der Waals surface area (Å²) in [6.45, 7) is 0. The molecule has 8 heteroatoms. The highest BCUT2D eigenvalue weighted by molar-refractivity contribution is 6.41. The second-order valence-corrected chi connectivity index (χ2v) is 7.73. The molecule has 33 heavy (non-hydrogen) atoms. The van der Waals surface area contributed by atoms with Gasteiger partial charge in [0.15, 0.2) is 11.4 Å². The molecule has 166 valence electrons. The van der Waals surface area contributed by atoms with Crippen molar-refractivity contribution < 1.29 is 28.6 Å². The Morgan fingerprint density at radius 1 is 0.818 bits per heavy atom. The van der Waals surface area contributed by atoms with Crippen LogP contribution in [0.3, 0.4) is 0 Å². The first-order chi connectivity index (χ1) is 16.0. The minimum atomic E-state index is -1.11. The highest BCUT2D eigenvalue weighted by Gasteiger charge is 2.63. The number of nitrogens with zero attached hydrogens (tertiary/aromatic N) is 2. The van der Waals surface area contributed by atoms with Gasteiger partial charge < -0.3 is 14.2 Å². The van der Waals surface area contributed by atoms with Crippen LogP contribution < -0.4 is 0 Å². The number of esters is 3. The van der Waals surface area contributed by atoms with Gasteiger partial charge in [0.2, 0.25) is 0 Å². The molecule has 0 saturated heterocycles. The Morgan fingerprint density at radius 2 is 1.36 bits per heavy atom. The molecule has 2 heterocycles. The number of hydrogen-bond acceptors (Lipinski definition) is 8. The molecule has 2 aromatic carbocycles. The predicted molar refractivity (Wildman–Crippen MR) is 118 cm³/mol. The average molecular weight is 444 g/mol. The smallest absolute Gasteiger partial charge is 0.358 e. The van der Waals surface area contributed by atoms with E-state index in [4.69, 9.17) is 14.2 Å². The van der Waals surface area contributed by atoms with Crippen molar-refractivity contribution in [2.75, 3.05) is 21.3 Å². The standard InChI is InChI=1S/C25H20N2O6/c1-31-22(28)18-12-13-19-25(20(23(29)32-2)21(24(30)33-3)27(19)26-18)16-10-6-4-8-14(16)15-9-5-7-11-17(15)25/h4-13,19H,1-3H3. The number of methoxy groups -OCH3 is 3. The van der Waals surface area contributed by atoms with E-state index in [1.54, 1.807) is 12.2 Å². The molecule has 1 unspecified atom stereocenters. The Hall–Kier alpha value is -4.20. The van der Waals surface area contributed by atoms with E-state index in [0.29, 0.717) is 0 Å². The molecule has 0 amide bonds. The molecule has 2 aromatic rings. The van der Waals surface area contributed by atoms with E-state index in [1.165, 1.54) is 26.3 Å². The minimum Gasteiger partial charge on any atom is -0.466 e. The Kier molecular flexibility index (Phi) is 4.67. The van der Waals surface area contributed by atoms with E-state index < -0.39 is 29.4 Å². The van der Waals surface area contributed by atoms with Crippen molar-refractivity contribution in [3.05, 3.63) is 83.1 Å². The molecular formula is C25H20N2O6. The first kappa shape index (κ1) is 20.7. The van der Waals surface area contributed by atoms with Crippen molar-refractivity contribution in [2.45, 2.75) is 11.5 Å². The van der Waals surface area contributed by atoms with Gasteiger partial charge in [-0.1, -0.05) is 54.6 Å². The van der Waals surface area contributed by atoms with Crippen molar-refractivity contribution in [1.82, 2.24) is 5.01 Å². The third-order valence-electron chi connectivity index (χ3n) is 6.38. The van der Waals surface area contributed by atoms with Crippen LogP contribution in [-0.4, -0.2) is 56.0 Å². The molecule has 0 N–H and O–H groups in total. The molecule has 5 rings (SSSR count). The summed E-state index contributed by atoms with van der Waals surface area (Å²) in [4.78, 5) is 38.7. The Labute approximate surface area is 189 Å². The van der Waals surface area contributed by atoms with Gasteiger partial charge in [-0.25, -0.2) is 19.4 Å². The third-order valence-corrected chi connectivity index (χ3v) is 6.38. The zero-order valence-electron chi connectivity index (χ0n) is 18.2. The van der Waals surface area contributed by atoms with Gasteiger partial charge in [-0.05, 0) is 28.3 Å². The highest BCUT2D eigenvalue weighted by atomic mass is 16.5. The zero-order valence-corrected chi connectivity index (χ0v) is 18.2. The van der Waals surface area contributed by atoms with Crippen LogP contribution in [0, 0.1) is 0 Å². The number of carbonyl (C=O) groups excluding carboxylic acids is 3. The molecule has 8 nitrogen and oxygen atoms in total. The topological polar surface area (TPSA) is 94.5 Å². The summed E-state index contributed by atoms with van der Waals surface area (Å²) in [6.07, 6.45) is 3.31. The summed E-state index contributed by atoms with van der Waals surface area (Å²) in [5.74, 6) is -2.11. The van der Waals surface area contributed by atoms with Crippen molar-refractivity contribution in [3.63, 3.8) is 0 Å². The van der Waals surface area contributed by atoms with E-state index in [2.05, 4.69) is 5.10 Å². The summed E-state index contributed by atoms with van der Waals surface area (Å²) < 4.78 is 15.0. The average Bonchev–Trinajstić information content (AvgIpc) is 3.34. The summed E-state index contributed by atoms with van der Waals surface area (Å²) >= 11 is 0. The lowest BCUT2D eigenvalue weighted by atomic mass is 9.68. The van der Waals surface area contributed by atoms with Crippen molar-refractivity contribution in [3.8, 4) is 11.1 Å². The third kappa shape index (κ3) is 2.57. The van der Waals surface area contributed by atoms with Crippen LogP contribution in [0.2, 0.25) is 0 Å². The van der Waals surface area contributed by atoms with Gasteiger partial charge in [0, 0.05) is 0 Å². The lowest BCUT2D eigenvalue weighted by molar-refractivity contribution is -0.140. The second-order valence-electron chi connectivity index (χ2n) is 7.73. The van der Waals surface area contributed by atoms with Crippen LogP contribution in [0.1, 0.15) is 11.1 Å². The van der Waals surface area contributed by atoms with Gasteiger partial charge >= 0.3 is 17.9 Å². The van der Waals surface area contributed by atoms with E-state index in [1.807, 2.05) is 48.5 Å². The Morgan fingerprint density at radius 3 is 1.91 bits per heavy atom. The summed E-state index contributed by atoms with van der Waals surface area (Å²) in [5, 5.41) is 5.80. The van der Waals surface area contributed by atoms with E-state index in [-0.39, 0.29) is 17.0 Å². The van der Waals surface area contributed by atoms with Crippen LogP contribution in [0.4, 0.5) is 0 Å². The minimum absolute atomic E-state index is 0.00372. The van der Waals surface area contributed by atoms with E-state index in [9.17, 15) is 14.4 Å². The Bertz CT molecular complexity index is 1260. The van der Waals surface area contributed by atoms with Gasteiger partial charge in [-0.3, -0.25) is 0 Å². The molecule has 2 aliphatic heterocycles. The summed E-state index contributed by atoms with van der Waals surface area (Å²) in [6, 6.07) is 14.8. The Balaban J connectivity index is 1.91. The predicted octanol–water partition coefficient (Wildman–Crippen LogP) is 2.34. The maximum absolute atomic E-state index is 13.4. The number of ether oxygens (including phenoxy) is 3. The molecule has 1 atom stereocenters. The first-order valence-electron chi connectivity index (χ1n) is 10.3. The highest BCUT2D eigenvalue weighted by Crippen LogP contribution is 2.60. The van der Waals surface area contributed by atoms with Crippen molar-refractivity contribution in [1.29, 1.82) is 0 Å². The number of rotatable bonds is 3. The fourth-order valence-corrected chi connectivity index (χ4v) is 5.16. The fraction of sp³-hybridized carbons (Fsp3) is 0.200. The lowest BCUT2D eigenvalue weighted by Crippen LogP contribution is -2.45. The largest absolute Gasteiger partial charge is 0.466 e. The first-order valence-corrected chi connectivity index (χ1v) is 10.3. The number of carbonyl (C=O) groups is 3. The molecule has 0 aromatic heterocycles. The summed E-state index contributed by atoms with van der Waals surface area (Å²) in [7, 11) is 3.74. The van der Waals surface area contributed by atoms with Crippen LogP contribution in [0.15, 0.2) is 77.1 Å². The van der Waals surface area contributed by atoms with Gasteiger partial charge in [-0.2, -0.15) is 5.10 Å². The van der Waals surface area contributed by atoms with Crippen LogP contribution >= 0.6 is 0 Å². The molecular weight excluding hydrogens is 424 g/mol. The molecule has 0 radical (unpaired) electrons. The molecule has 1 aliphatic carbocycles. The number of hydrogen-bond donors (Lipinski definition) is 0. The fourth-order valence-electron chi connectivity index (χ4n) is 5.16. The second kappa shape index (κ2) is 7.44. The van der Waals surface area contributed by atoms with Gasteiger partial charge in [0.1, 0.15) is 0 Å². The van der Waals surface area contributed by atoms with Gasteiger partial charge in [-0.15, -0.1) is 0 Å². The molecule has 0 fully saturated rings. The monoisotopic (exact) mass is 444 g/mol. The van der Waals surface area contributed by atoms with Crippen LogP contribution in [0.5, 0.6) is 0 Å². The lowest BCUT2D eigenvalue weighted by Gasteiger charge is -2.37. The summed E-state index contributed by atoms with van der Waals surface area (Å²) in [5.41, 5.74) is 2.48. The van der Waals surface area contributed by atoms with Crippen LogP contribution in [0.25, 0.3) is 11.1 Å². The zero-order chi connectivity index (χ0) is 23.3.